The molecule has 1 unspecified atom stereocenters. The first-order valence-electron chi connectivity index (χ1n) is 8.83. The number of anilines is 1. The van der Waals surface area contributed by atoms with E-state index in [2.05, 4.69) is 34.4 Å². The van der Waals surface area contributed by atoms with E-state index in [1.807, 2.05) is 31.2 Å². The van der Waals surface area contributed by atoms with Gasteiger partial charge in [-0.05, 0) is 57.9 Å². The van der Waals surface area contributed by atoms with Gasteiger partial charge < -0.3 is 20.0 Å². The topological polar surface area (TPSA) is 70.4 Å². The van der Waals surface area contributed by atoms with Crippen molar-refractivity contribution in [2.45, 2.75) is 33.2 Å². The molecule has 1 aromatic carbocycles. The van der Waals surface area contributed by atoms with E-state index in [9.17, 15) is 4.79 Å². The molecule has 1 aliphatic heterocycles. The average Bonchev–Trinajstić information content (AvgIpc) is 3.22. The molecule has 1 atom stereocenters. The maximum Gasteiger partial charge on any atom is 0.319 e. The molecule has 0 aliphatic carbocycles. The summed E-state index contributed by atoms with van der Waals surface area (Å²) < 4.78 is 5.53. The first-order chi connectivity index (χ1) is 12.0. The van der Waals surface area contributed by atoms with Gasteiger partial charge in [0.05, 0.1) is 6.20 Å². The third-order valence-electron chi connectivity index (χ3n) is 4.59. The Morgan fingerprint density at radius 2 is 2.28 bits per heavy atom. The van der Waals surface area contributed by atoms with E-state index < -0.39 is 0 Å². The highest BCUT2D eigenvalue weighted by Crippen LogP contribution is 2.22. The minimum Gasteiger partial charge on any atom is -0.441 e. The SMILES string of the molecule is Cc1cnc(-c2cccc(NC(=O)NCC3CCN(C(C)C)C3)c2)o1. The highest BCUT2D eigenvalue weighted by Gasteiger charge is 2.24. The predicted molar refractivity (Wildman–Crippen MR) is 98.5 cm³/mol. The summed E-state index contributed by atoms with van der Waals surface area (Å²) in [6.45, 7) is 9.15. The third-order valence-corrected chi connectivity index (χ3v) is 4.59. The van der Waals surface area contributed by atoms with Gasteiger partial charge in [-0.1, -0.05) is 6.07 Å². The van der Waals surface area contributed by atoms with E-state index in [-0.39, 0.29) is 6.03 Å². The number of nitrogens with zero attached hydrogens (tertiary/aromatic N) is 2. The molecule has 2 heterocycles. The number of oxazole rings is 1. The molecular weight excluding hydrogens is 316 g/mol. The summed E-state index contributed by atoms with van der Waals surface area (Å²) in [7, 11) is 0. The van der Waals surface area contributed by atoms with Gasteiger partial charge in [0.2, 0.25) is 5.89 Å². The lowest BCUT2D eigenvalue weighted by atomic mass is 10.1. The molecule has 1 fully saturated rings. The van der Waals surface area contributed by atoms with Crippen LogP contribution in [-0.4, -0.2) is 41.6 Å². The van der Waals surface area contributed by atoms with E-state index in [0.29, 0.717) is 24.4 Å². The third kappa shape index (κ3) is 4.60. The van der Waals surface area contributed by atoms with E-state index >= 15 is 0 Å². The van der Waals surface area contributed by atoms with Crippen LogP contribution in [0.4, 0.5) is 10.5 Å². The Balaban J connectivity index is 1.51. The van der Waals surface area contributed by atoms with Gasteiger partial charge in [-0.2, -0.15) is 0 Å². The van der Waals surface area contributed by atoms with Gasteiger partial charge >= 0.3 is 6.03 Å². The Morgan fingerprint density at radius 3 is 2.96 bits per heavy atom. The Labute approximate surface area is 148 Å². The maximum atomic E-state index is 12.2. The highest BCUT2D eigenvalue weighted by molar-refractivity contribution is 5.89. The summed E-state index contributed by atoms with van der Waals surface area (Å²) in [5.74, 6) is 1.84. The lowest BCUT2D eigenvalue weighted by Gasteiger charge is -2.20. The van der Waals surface area contributed by atoms with Crippen LogP contribution in [0.3, 0.4) is 0 Å². The number of likely N-dealkylation sites (tertiary alicyclic amines) is 1. The molecule has 1 aliphatic rings. The number of hydrogen-bond donors (Lipinski definition) is 2. The summed E-state index contributed by atoms with van der Waals surface area (Å²) in [6, 6.07) is 7.90. The van der Waals surface area contributed by atoms with Crippen LogP contribution in [0.2, 0.25) is 0 Å². The maximum absolute atomic E-state index is 12.2. The Kier molecular flexibility index (Phi) is 5.38. The van der Waals surface area contributed by atoms with Crippen LogP contribution in [0.25, 0.3) is 11.5 Å². The number of benzene rings is 1. The lowest BCUT2D eigenvalue weighted by molar-refractivity contribution is 0.247. The zero-order valence-corrected chi connectivity index (χ0v) is 15.1. The molecule has 0 saturated carbocycles. The summed E-state index contributed by atoms with van der Waals surface area (Å²) in [4.78, 5) is 18.8. The van der Waals surface area contributed by atoms with Crippen LogP contribution < -0.4 is 10.6 Å². The fraction of sp³-hybridized carbons (Fsp3) is 0.474. The largest absolute Gasteiger partial charge is 0.441 e. The number of carbonyl (C=O) groups is 1. The molecule has 0 spiro atoms. The van der Waals surface area contributed by atoms with Gasteiger partial charge in [0.1, 0.15) is 5.76 Å². The molecule has 6 nitrogen and oxygen atoms in total. The molecule has 25 heavy (non-hydrogen) atoms. The molecule has 6 heteroatoms. The number of aromatic nitrogens is 1. The zero-order valence-electron chi connectivity index (χ0n) is 15.1. The second-order valence-electron chi connectivity index (χ2n) is 6.94. The van der Waals surface area contributed by atoms with E-state index in [1.165, 1.54) is 0 Å². The van der Waals surface area contributed by atoms with Crippen molar-refractivity contribution in [3.05, 3.63) is 36.2 Å². The molecule has 1 aromatic heterocycles. The molecule has 2 N–H and O–H groups in total. The Hall–Kier alpha value is -2.34. The van der Waals surface area contributed by atoms with E-state index in [1.54, 1.807) is 6.20 Å². The molecule has 2 amide bonds. The minimum atomic E-state index is -0.177. The van der Waals surface area contributed by atoms with Crippen LogP contribution in [0, 0.1) is 12.8 Å². The first-order valence-corrected chi connectivity index (χ1v) is 8.83. The van der Waals surface area contributed by atoms with Gasteiger partial charge in [0, 0.05) is 30.4 Å². The summed E-state index contributed by atoms with van der Waals surface area (Å²) >= 11 is 0. The zero-order chi connectivity index (χ0) is 17.8. The van der Waals surface area contributed by atoms with Gasteiger partial charge in [-0.25, -0.2) is 9.78 Å². The number of urea groups is 1. The van der Waals surface area contributed by atoms with Crippen LogP contribution in [0.1, 0.15) is 26.0 Å². The fourth-order valence-corrected chi connectivity index (χ4v) is 3.13. The average molecular weight is 342 g/mol. The van der Waals surface area contributed by atoms with Gasteiger partial charge in [-0.15, -0.1) is 0 Å². The molecule has 0 bridgehead atoms. The van der Waals surface area contributed by atoms with Crippen molar-refractivity contribution in [2.24, 2.45) is 5.92 Å². The first kappa shape index (κ1) is 17.5. The number of aryl methyl sites for hydroxylation is 1. The van der Waals surface area contributed by atoms with Crippen LogP contribution in [0.15, 0.2) is 34.9 Å². The Morgan fingerprint density at radius 1 is 1.44 bits per heavy atom. The molecule has 3 rings (SSSR count). The number of hydrogen-bond acceptors (Lipinski definition) is 4. The summed E-state index contributed by atoms with van der Waals surface area (Å²) in [5, 5.41) is 5.86. The molecule has 2 aromatic rings. The monoisotopic (exact) mass is 342 g/mol. The van der Waals surface area contributed by atoms with Crippen molar-refractivity contribution >= 4 is 11.7 Å². The number of rotatable bonds is 5. The van der Waals surface area contributed by atoms with Crippen molar-refractivity contribution in [3.8, 4) is 11.5 Å². The van der Waals surface area contributed by atoms with Gasteiger partial charge in [0.15, 0.2) is 0 Å². The van der Waals surface area contributed by atoms with Crippen LogP contribution >= 0.6 is 0 Å². The highest BCUT2D eigenvalue weighted by atomic mass is 16.4. The van der Waals surface area contributed by atoms with Crippen LogP contribution in [-0.2, 0) is 0 Å². The molecular formula is C19H26N4O2. The van der Waals surface area contributed by atoms with Crippen molar-refractivity contribution in [2.75, 3.05) is 25.0 Å². The number of carbonyl (C=O) groups excluding carboxylic acids is 1. The quantitative estimate of drug-likeness (QED) is 0.872. The molecule has 134 valence electrons. The summed E-state index contributed by atoms with van der Waals surface area (Å²) in [6.07, 6.45) is 2.82. The van der Waals surface area contributed by atoms with Gasteiger partial charge in [0.25, 0.3) is 0 Å². The second kappa shape index (κ2) is 7.70. The fourth-order valence-electron chi connectivity index (χ4n) is 3.13. The molecule has 0 radical (unpaired) electrons. The van der Waals surface area contributed by atoms with E-state index in [0.717, 1.165) is 36.5 Å². The number of nitrogens with one attached hydrogen (secondary N) is 2. The predicted octanol–water partition coefficient (Wildman–Crippen LogP) is 3.50. The minimum absolute atomic E-state index is 0.177. The lowest BCUT2D eigenvalue weighted by Crippen LogP contribution is -2.35. The second-order valence-corrected chi connectivity index (χ2v) is 6.94. The smallest absolute Gasteiger partial charge is 0.319 e. The normalized spacial score (nSPS) is 17.8. The van der Waals surface area contributed by atoms with Crippen molar-refractivity contribution in [3.63, 3.8) is 0 Å². The van der Waals surface area contributed by atoms with Crippen LogP contribution in [0.5, 0.6) is 0 Å². The number of amides is 2. The van der Waals surface area contributed by atoms with Crippen molar-refractivity contribution in [1.29, 1.82) is 0 Å². The van der Waals surface area contributed by atoms with Crippen molar-refractivity contribution < 1.29 is 9.21 Å². The standard InChI is InChI=1S/C19H26N4O2/c1-13(2)23-8-7-15(12-23)11-21-19(24)22-17-6-4-5-16(9-17)18-20-10-14(3)25-18/h4-6,9-10,13,15H,7-8,11-12H2,1-3H3,(H2,21,22,24). The van der Waals surface area contributed by atoms with Crippen molar-refractivity contribution in [1.82, 2.24) is 15.2 Å². The Bertz CT molecular complexity index is 726. The van der Waals surface area contributed by atoms with Gasteiger partial charge in [-0.3, -0.25) is 0 Å². The van der Waals surface area contributed by atoms with E-state index in [4.69, 9.17) is 4.42 Å². The summed E-state index contributed by atoms with van der Waals surface area (Å²) in [5.41, 5.74) is 1.57. The molecule has 1 saturated heterocycles.